The maximum absolute atomic E-state index is 14.9. The van der Waals surface area contributed by atoms with Gasteiger partial charge in [-0.3, -0.25) is 9.59 Å². The summed E-state index contributed by atoms with van der Waals surface area (Å²) < 4.78 is 8.90. The summed E-state index contributed by atoms with van der Waals surface area (Å²) in [5.74, 6) is 0.316. The quantitative estimate of drug-likeness (QED) is 0.186. The van der Waals surface area contributed by atoms with E-state index >= 15 is 0 Å². The van der Waals surface area contributed by atoms with Crippen molar-refractivity contribution in [1.82, 2.24) is 9.47 Å². The molecule has 2 saturated carbocycles. The second-order valence-corrected chi connectivity index (χ2v) is 18.9. The van der Waals surface area contributed by atoms with Crippen LogP contribution in [0.3, 0.4) is 0 Å². The van der Waals surface area contributed by atoms with Gasteiger partial charge in [-0.25, -0.2) is 0 Å². The number of carbonyl (C=O) groups is 2. The first-order valence-corrected chi connectivity index (χ1v) is 19.6. The third kappa shape index (κ3) is 4.36. The van der Waals surface area contributed by atoms with Gasteiger partial charge in [-0.05, 0) is 120 Å². The maximum atomic E-state index is 14.9. The zero-order valence-electron chi connectivity index (χ0n) is 32.9. The van der Waals surface area contributed by atoms with Crippen molar-refractivity contribution in [3.8, 4) is 0 Å². The second kappa shape index (κ2) is 11.1. The molecule has 0 radical (unpaired) electrons. The molecule has 7 nitrogen and oxygen atoms in total. The van der Waals surface area contributed by atoms with E-state index in [1.807, 2.05) is 26.0 Å². The number of ketones is 1. The predicted octanol–water partition coefficient (Wildman–Crippen LogP) is 8.19. The van der Waals surface area contributed by atoms with Crippen LogP contribution in [0.4, 0.5) is 0 Å². The van der Waals surface area contributed by atoms with Gasteiger partial charge >= 0.3 is 0 Å². The number of amides is 1. The molecule has 1 aromatic carbocycles. The van der Waals surface area contributed by atoms with Crippen LogP contribution in [-0.2, 0) is 21.4 Å². The molecule has 2 unspecified atom stereocenters. The summed E-state index contributed by atoms with van der Waals surface area (Å²) in [5.41, 5.74) is 5.85. The topological polar surface area (TPSA) is 92.0 Å². The molecule has 6 aliphatic rings. The van der Waals surface area contributed by atoms with Crippen molar-refractivity contribution in [2.75, 3.05) is 13.6 Å². The molecule has 7 heteroatoms. The summed E-state index contributed by atoms with van der Waals surface area (Å²) in [6.45, 7) is 24.4. The van der Waals surface area contributed by atoms with Crippen LogP contribution in [0.5, 0.6) is 0 Å². The van der Waals surface area contributed by atoms with Gasteiger partial charge in [-0.1, -0.05) is 51.2 Å². The molecule has 2 aliphatic heterocycles. The van der Waals surface area contributed by atoms with Gasteiger partial charge in [0.15, 0.2) is 5.78 Å². The van der Waals surface area contributed by atoms with Gasteiger partial charge in [0, 0.05) is 53.1 Å². The number of aliphatic hydroxyl groups is 2. The van der Waals surface area contributed by atoms with E-state index < -0.39 is 34.9 Å². The Morgan fingerprint density at radius 1 is 1.10 bits per heavy atom. The molecule has 52 heavy (non-hydrogen) atoms. The molecule has 4 aliphatic carbocycles. The molecule has 9 atom stereocenters. The minimum absolute atomic E-state index is 0.0354. The maximum Gasteiger partial charge on any atom is 0.246 e. The number of carbonyl (C=O) groups excluding carboxylic acids is 2. The summed E-state index contributed by atoms with van der Waals surface area (Å²) in [6.07, 6.45) is 12.9. The van der Waals surface area contributed by atoms with Crippen LogP contribution in [0.25, 0.3) is 16.5 Å². The summed E-state index contributed by atoms with van der Waals surface area (Å²) in [6, 6.07) is 1.78. The van der Waals surface area contributed by atoms with Gasteiger partial charge in [0.1, 0.15) is 6.04 Å². The van der Waals surface area contributed by atoms with Gasteiger partial charge in [-0.15, -0.1) is 0 Å². The highest BCUT2D eigenvalue weighted by atomic mass is 16.5. The zero-order chi connectivity index (χ0) is 37.7. The Hall–Kier alpha value is -3.26. The van der Waals surface area contributed by atoms with Crippen molar-refractivity contribution in [2.24, 2.45) is 28.6 Å². The molecule has 0 saturated heterocycles. The number of ether oxygens (including phenoxy) is 1. The number of fused-ring (bicyclic) bond motifs is 11. The van der Waals surface area contributed by atoms with Crippen molar-refractivity contribution in [3.05, 3.63) is 76.5 Å². The number of Topliss-reactive ketones (excluding diaryl/α,β-unsaturated/α-hetero) is 1. The number of nitrogens with zero attached hydrogens (tertiary/aromatic N) is 2. The molecular weight excluding hydrogens is 649 g/mol. The molecule has 2 N–H and O–H groups in total. The van der Waals surface area contributed by atoms with Crippen LogP contribution in [0.1, 0.15) is 133 Å². The van der Waals surface area contributed by atoms with Crippen molar-refractivity contribution in [3.63, 3.8) is 0 Å². The van der Waals surface area contributed by atoms with E-state index in [1.165, 1.54) is 11.3 Å². The van der Waals surface area contributed by atoms with Crippen LogP contribution in [0.2, 0.25) is 0 Å². The van der Waals surface area contributed by atoms with E-state index in [2.05, 4.69) is 77.8 Å². The number of hydrogen-bond donors (Lipinski definition) is 2. The molecule has 3 heterocycles. The fourth-order valence-electron chi connectivity index (χ4n) is 12.8. The Balaban J connectivity index is 1.31. The minimum atomic E-state index is -0.850. The Bertz CT molecular complexity index is 2040. The summed E-state index contributed by atoms with van der Waals surface area (Å²) in [5, 5.41) is 25.1. The van der Waals surface area contributed by atoms with Crippen LogP contribution in [0.15, 0.2) is 48.6 Å². The summed E-state index contributed by atoms with van der Waals surface area (Å²) in [4.78, 5) is 29.0. The fraction of sp³-hybridized carbons (Fsp3) is 0.600. The highest BCUT2D eigenvalue weighted by Crippen LogP contribution is 2.71. The normalized spacial score (nSPS) is 37.9. The lowest BCUT2D eigenvalue weighted by Gasteiger charge is -2.64. The van der Waals surface area contributed by atoms with E-state index in [-0.39, 0.29) is 34.4 Å². The number of aromatic nitrogens is 1. The van der Waals surface area contributed by atoms with Crippen LogP contribution in [-0.4, -0.2) is 62.3 Å². The molecule has 278 valence electrons. The molecular formula is C45H58N2O5. The Labute approximate surface area is 309 Å². The molecule has 8 rings (SSSR count). The number of rotatable bonds is 5. The fourth-order valence-corrected chi connectivity index (χ4v) is 12.8. The van der Waals surface area contributed by atoms with Crippen molar-refractivity contribution in [2.45, 2.75) is 129 Å². The largest absolute Gasteiger partial charge is 0.392 e. The third-order valence-corrected chi connectivity index (χ3v) is 15.3. The first kappa shape index (κ1) is 35.8. The molecule has 1 aromatic heterocycles. The van der Waals surface area contributed by atoms with Crippen LogP contribution < -0.4 is 0 Å². The standard InChI is InChI=1S/C45H58N2O5/c1-12-46(11)32(49)15-13-14-19-43(8)30-17-16-25-21-28-27-22-26-29-23-41(4,5)52-42(6,7)35(29)38(50)33(26)34-37(27)47(36(24(2)3)39(34)51)40(28)45(25,10)44(30,9)20-18-31(43)48/h13-15,19,22-23,25,30-31,35-36,38,48,50H,2,12,16-18,20-21H2,1,3-11H3/b15-13+,19-14+/t25?,30-,31-,35?,36-,38+,43-,44-,45+/m0/s1. The molecule has 0 spiro atoms. The molecule has 1 amide bonds. The van der Waals surface area contributed by atoms with Crippen molar-refractivity contribution >= 4 is 28.2 Å². The highest BCUT2D eigenvalue weighted by molar-refractivity contribution is 6.18. The number of aliphatic hydroxyl groups excluding tert-OH is 2. The van der Waals surface area contributed by atoms with Crippen molar-refractivity contribution < 1.29 is 24.5 Å². The number of likely N-dealkylation sites (N-methyl/N-ethyl adjacent to an activating group) is 1. The first-order chi connectivity index (χ1) is 24.2. The molecule has 2 fully saturated rings. The third-order valence-electron chi connectivity index (χ3n) is 15.3. The average Bonchev–Trinajstić information content (AvgIpc) is 3.73. The minimum Gasteiger partial charge on any atom is -0.392 e. The Morgan fingerprint density at radius 2 is 1.81 bits per heavy atom. The van der Waals surface area contributed by atoms with Crippen molar-refractivity contribution in [1.29, 1.82) is 0 Å². The Morgan fingerprint density at radius 3 is 2.48 bits per heavy atom. The molecule has 0 bridgehead atoms. The second-order valence-electron chi connectivity index (χ2n) is 18.9. The predicted molar refractivity (Wildman–Crippen MR) is 206 cm³/mol. The number of hydrogen-bond acceptors (Lipinski definition) is 5. The number of benzene rings is 1. The zero-order valence-corrected chi connectivity index (χ0v) is 32.9. The highest BCUT2D eigenvalue weighted by Gasteiger charge is 2.67. The molecule has 2 aromatic rings. The van der Waals surface area contributed by atoms with Crippen LogP contribution in [0, 0.1) is 28.6 Å². The Kier molecular flexibility index (Phi) is 7.66. The van der Waals surface area contributed by atoms with E-state index in [0.717, 1.165) is 58.9 Å². The van der Waals surface area contributed by atoms with Gasteiger partial charge < -0.3 is 24.4 Å². The van der Waals surface area contributed by atoms with Gasteiger partial charge in [-0.2, -0.15) is 0 Å². The van der Waals surface area contributed by atoms with E-state index in [1.54, 1.807) is 18.0 Å². The summed E-state index contributed by atoms with van der Waals surface area (Å²) in [7, 11) is 1.80. The van der Waals surface area contributed by atoms with E-state index in [9.17, 15) is 19.8 Å². The van der Waals surface area contributed by atoms with Gasteiger partial charge in [0.05, 0.1) is 34.5 Å². The van der Waals surface area contributed by atoms with Gasteiger partial charge in [0.2, 0.25) is 5.91 Å². The lowest BCUT2D eigenvalue weighted by atomic mass is 9.40. The monoisotopic (exact) mass is 706 g/mol. The smallest absolute Gasteiger partial charge is 0.246 e. The first-order valence-electron chi connectivity index (χ1n) is 19.6. The lowest BCUT2D eigenvalue weighted by molar-refractivity contribution is -0.144. The average molecular weight is 707 g/mol. The lowest BCUT2D eigenvalue weighted by Crippen LogP contribution is -2.62. The van der Waals surface area contributed by atoms with E-state index in [4.69, 9.17) is 4.74 Å². The SMILES string of the molecule is C=C(C)[C@H]1C(=O)c2c3c(cc4c5c(n1c24)[C@@]1(C)C(CC[C@H]2[C@](C)(/C=C/C=C/C(=O)N(C)CC)[C@@H](O)CC[C@@]21C)C5)C1=CC(C)(C)OC(C)(C)C1[C@@H]3O. The van der Waals surface area contributed by atoms with Crippen LogP contribution >= 0.6 is 0 Å². The van der Waals surface area contributed by atoms with E-state index in [0.29, 0.717) is 24.4 Å². The number of allylic oxidation sites excluding steroid dienone is 3. The summed E-state index contributed by atoms with van der Waals surface area (Å²) >= 11 is 0. The van der Waals surface area contributed by atoms with Gasteiger partial charge in [0.25, 0.3) is 0 Å².